The molecule has 0 radical (unpaired) electrons. The van der Waals surface area contributed by atoms with E-state index in [1.54, 1.807) is 54.7 Å². The van der Waals surface area contributed by atoms with Crippen LogP contribution in [0.5, 0.6) is 0 Å². The molecule has 1 aromatic heterocycles. The van der Waals surface area contributed by atoms with Crippen molar-refractivity contribution >= 4 is 40.5 Å². The summed E-state index contributed by atoms with van der Waals surface area (Å²) in [5.74, 6) is -0.735. The zero-order valence-electron chi connectivity index (χ0n) is 15.3. The maximum Gasteiger partial charge on any atom is 0.337 e. The molecule has 142 valence electrons. The van der Waals surface area contributed by atoms with Crippen LogP contribution in [-0.2, 0) is 4.74 Å². The van der Waals surface area contributed by atoms with E-state index >= 15 is 0 Å². The normalized spacial score (nSPS) is 10.2. The second kappa shape index (κ2) is 8.54. The highest BCUT2D eigenvalue weighted by Gasteiger charge is 2.11. The van der Waals surface area contributed by atoms with E-state index in [1.807, 2.05) is 13.0 Å². The highest BCUT2D eigenvalue weighted by Crippen LogP contribution is 2.22. The SMILES string of the molecule is COC(=O)c1ccc(Nc2ccnc(C(=O)Nc3cc(Cl)ccc3C)c2)cc1. The van der Waals surface area contributed by atoms with Gasteiger partial charge in [0.25, 0.3) is 5.91 Å². The fourth-order valence-electron chi connectivity index (χ4n) is 2.52. The number of esters is 1. The lowest BCUT2D eigenvalue weighted by Crippen LogP contribution is -2.14. The molecule has 0 unspecified atom stereocenters. The van der Waals surface area contributed by atoms with Gasteiger partial charge in [-0.25, -0.2) is 4.79 Å². The van der Waals surface area contributed by atoms with Crippen molar-refractivity contribution < 1.29 is 14.3 Å². The van der Waals surface area contributed by atoms with Gasteiger partial charge in [-0.1, -0.05) is 17.7 Å². The van der Waals surface area contributed by atoms with Gasteiger partial charge in [-0.15, -0.1) is 0 Å². The number of nitrogens with one attached hydrogen (secondary N) is 2. The fourth-order valence-corrected chi connectivity index (χ4v) is 2.69. The third-order valence-electron chi connectivity index (χ3n) is 4.04. The lowest BCUT2D eigenvalue weighted by Gasteiger charge is -2.10. The van der Waals surface area contributed by atoms with Crippen LogP contribution in [0.3, 0.4) is 0 Å². The Kier molecular flexibility index (Phi) is 5.91. The second-order valence-electron chi connectivity index (χ2n) is 6.04. The number of halogens is 1. The molecule has 0 saturated carbocycles. The fraction of sp³-hybridized carbons (Fsp3) is 0.0952. The monoisotopic (exact) mass is 395 g/mol. The summed E-state index contributed by atoms with van der Waals surface area (Å²) in [5.41, 5.74) is 3.70. The van der Waals surface area contributed by atoms with Crippen molar-refractivity contribution in [3.8, 4) is 0 Å². The molecular formula is C21H18ClN3O3. The molecule has 0 spiro atoms. The van der Waals surface area contributed by atoms with Crippen LogP contribution >= 0.6 is 11.6 Å². The summed E-state index contributed by atoms with van der Waals surface area (Å²) in [4.78, 5) is 28.2. The summed E-state index contributed by atoms with van der Waals surface area (Å²) < 4.78 is 4.68. The van der Waals surface area contributed by atoms with E-state index in [4.69, 9.17) is 11.6 Å². The van der Waals surface area contributed by atoms with Gasteiger partial charge in [0.1, 0.15) is 5.69 Å². The molecule has 28 heavy (non-hydrogen) atoms. The zero-order valence-corrected chi connectivity index (χ0v) is 16.1. The number of methoxy groups -OCH3 is 1. The maximum absolute atomic E-state index is 12.5. The number of benzene rings is 2. The number of amides is 1. The van der Waals surface area contributed by atoms with Crippen LogP contribution in [0.15, 0.2) is 60.8 Å². The average molecular weight is 396 g/mol. The third kappa shape index (κ3) is 4.66. The van der Waals surface area contributed by atoms with Crippen molar-refractivity contribution in [2.45, 2.75) is 6.92 Å². The first-order valence-corrected chi connectivity index (χ1v) is 8.83. The van der Waals surface area contributed by atoms with E-state index in [0.29, 0.717) is 22.0 Å². The minimum atomic E-state index is -0.397. The van der Waals surface area contributed by atoms with E-state index in [-0.39, 0.29) is 11.6 Å². The number of aromatic nitrogens is 1. The Balaban J connectivity index is 1.74. The van der Waals surface area contributed by atoms with Crippen LogP contribution in [0, 0.1) is 6.92 Å². The minimum absolute atomic E-state index is 0.260. The Hall–Kier alpha value is -3.38. The minimum Gasteiger partial charge on any atom is -0.465 e. The lowest BCUT2D eigenvalue weighted by atomic mass is 10.2. The van der Waals surface area contributed by atoms with Crippen LogP contribution in [0.2, 0.25) is 5.02 Å². The number of nitrogens with zero attached hydrogens (tertiary/aromatic N) is 1. The molecule has 0 fully saturated rings. The van der Waals surface area contributed by atoms with Crippen LogP contribution in [0.4, 0.5) is 17.1 Å². The van der Waals surface area contributed by atoms with E-state index in [2.05, 4.69) is 20.4 Å². The van der Waals surface area contributed by atoms with Crippen molar-refractivity contribution in [3.05, 3.63) is 82.6 Å². The van der Waals surface area contributed by atoms with Gasteiger partial charge < -0.3 is 15.4 Å². The van der Waals surface area contributed by atoms with Crippen molar-refractivity contribution in [2.75, 3.05) is 17.7 Å². The highest BCUT2D eigenvalue weighted by atomic mass is 35.5. The molecule has 1 amide bonds. The first-order chi connectivity index (χ1) is 13.5. The number of carbonyl (C=O) groups is 2. The van der Waals surface area contributed by atoms with Crippen molar-refractivity contribution in [1.82, 2.24) is 4.98 Å². The largest absolute Gasteiger partial charge is 0.465 e. The molecule has 0 aliphatic rings. The molecule has 1 heterocycles. The molecular weight excluding hydrogens is 378 g/mol. The van der Waals surface area contributed by atoms with E-state index in [1.165, 1.54) is 7.11 Å². The lowest BCUT2D eigenvalue weighted by molar-refractivity contribution is 0.0600. The van der Waals surface area contributed by atoms with Crippen LogP contribution in [0.25, 0.3) is 0 Å². The molecule has 3 rings (SSSR count). The predicted molar refractivity (Wildman–Crippen MR) is 109 cm³/mol. The molecule has 7 heteroatoms. The van der Waals surface area contributed by atoms with E-state index in [9.17, 15) is 9.59 Å². The van der Waals surface area contributed by atoms with Gasteiger partial charge in [0.15, 0.2) is 0 Å². The van der Waals surface area contributed by atoms with Crippen molar-refractivity contribution in [2.24, 2.45) is 0 Å². The molecule has 0 aliphatic heterocycles. The summed E-state index contributed by atoms with van der Waals surface area (Å²) in [6, 6.07) is 15.5. The summed E-state index contributed by atoms with van der Waals surface area (Å²) in [5, 5.41) is 6.54. The number of hydrogen-bond acceptors (Lipinski definition) is 5. The number of anilines is 3. The van der Waals surface area contributed by atoms with Crippen LogP contribution < -0.4 is 10.6 Å². The number of pyridine rings is 1. The smallest absolute Gasteiger partial charge is 0.337 e. The molecule has 0 bridgehead atoms. The number of hydrogen-bond donors (Lipinski definition) is 2. The Morgan fingerprint density at radius 1 is 1.00 bits per heavy atom. The Morgan fingerprint density at radius 2 is 1.75 bits per heavy atom. The van der Waals surface area contributed by atoms with Gasteiger partial charge in [-0.05, 0) is 61.0 Å². The molecule has 6 nitrogen and oxygen atoms in total. The second-order valence-corrected chi connectivity index (χ2v) is 6.47. The van der Waals surface area contributed by atoms with Gasteiger partial charge in [0.05, 0.1) is 12.7 Å². The molecule has 0 atom stereocenters. The van der Waals surface area contributed by atoms with Gasteiger partial charge in [0, 0.05) is 28.3 Å². The first-order valence-electron chi connectivity index (χ1n) is 8.45. The average Bonchev–Trinajstić information content (AvgIpc) is 2.71. The number of aryl methyl sites for hydroxylation is 1. The number of ether oxygens (including phenoxy) is 1. The summed E-state index contributed by atoms with van der Waals surface area (Å²) in [6.45, 7) is 1.88. The van der Waals surface area contributed by atoms with Crippen molar-refractivity contribution in [3.63, 3.8) is 0 Å². The highest BCUT2D eigenvalue weighted by molar-refractivity contribution is 6.31. The van der Waals surface area contributed by atoms with Gasteiger partial charge in [0.2, 0.25) is 0 Å². The number of carbonyl (C=O) groups excluding carboxylic acids is 2. The standard InChI is InChI=1S/C21H18ClN3O3/c1-13-3-6-15(22)11-18(13)25-20(26)19-12-17(9-10-23-19)24-16-7-4-14(5-8-16)21(27)28-2/h3-12H,1-2H3,(H,23,24)(H,25,26). The number of rotatable bonds is 5. The molecule has 0 saturated heterocycles. The Morgan fingerprint density at radius 3 is 2.46 bits per heavy atom. The van der Waals surface area contributed by atoms with Gasteiger partial charge in [-0.3, -0.25) is 9.78 Å². The zero-order chi connectivity index (χ0) is 20.1. The van der Waals surface area contributed by atoms with E-state index < -0.39 is 5.97 Å². The topological polar surface area (TPSA) is 80.3 Å². The van der Waals surface area contributed by atoms with Gasteiger partial charge >= 0.3 is 5.97 Å². The van der Waals surface area contributed by atoms with Gasteiger partial charge in [-0.2, -0.15) is 0 Å². The molecule has 2 aromatic carbocycles. The first kappa shape index (κ1) is 19.4. The van der Waals surface area contributed by atoms with Crippen LogP contribution in [-0.4, -0.2) is 24.0 Å². The van der Waals surface area contributed by atoms with E-state index in [0.717, 1.165) is 11.3 Å². The molecule has 3 aromatic rings. The third-order valence-corrected chi connectivity index (χ3v) is 4.27. The van der Waals surface area contributed by atoms with Crippen LogP contribution in [0.1, 0.15) is 26.4 Å². The summed E-state index contributed by atoms with van der Waals surface area (Å²) >= 11 is 6.00. The Bertz CT molecular complexity index is 1020. The Labute approximate surface area is 167 Å². The quantitative estimate of drug-likeness (QED) is 0.605. The molecule has 2 N–H and O–H groups in total. The summed E-state index contributed by atoms with van der Waals surface area (Å²) in [7, 11) is 1.34. The van der Waals surface area contributed by atoms with Crippen molar-refractivity contribution in [1.29, 1.82) is 0 Å². The summed E-state index contributed by atoms with van der Waals surface area (Å²) in [6.07, 6.45) is 1.55. The predicted octanol–water partition coefficient (Wildman–Crippen LogP) is 4.83. The molecule has 0 aliphatic carbocycles. The maximum atomic E-state index is 12.5.